The maximum atomic E-state index is 9.06. The van der Waals surface area contributed by atoms with Crippen molar-refractivity contribution in [2.75, 3.05) is 13.2 Å². The van der Waals surface area contributed by atoms with Gasteiger partial charge in [0.15, 0.2) is 0 Å². The van der Waals surface area contributed by atoms with Crippen molar-refractivity contribution in [3.63, 3.8) is 0 Å². The quantitative estimate of drug-likeness (QED) is 0.320. The minimum Gasteiger partial charge on any atom is -0.396 e. The normalized spacial score (nSPS) is 12.0. The summed E-state index contributed by atoms with van der Waals surface area (Å²) < 4.78 is 0. The lowest BCUT2D eigenvalue weighted by Crippen LogP contribution is -2.23. The number of rotatable bonds is 4. The van der Waals surface area contributed by atoms with E-state index in [0.29, 0.717) is 0 Å². The molecule has 9 heavy (non-hydrogen) atoms. The summed E-state index contributed by atoms with van der Waals surface area (Å²) in [5, 5.41) is 25.7. The van der Waals surface area contributed by atoms with Crippen molar-refractivity contribution in [2.45, 2.75) is 17.8 Å². The van der Waals surface area contributed by atoms with Crippen LogP contribution in [-0.2, 0) is 0 Å². The molecular formula is C5H12O3S. The Balaban J connectivity index is 3.43. The van der Waals surface area contributed by atoms with Crippen LogP contribution < -0.4 is 0 Å². The monoisotopic (exact) mass is 152 g/mol. The summed E-state index contributed by atoms with van der Waals surface area (Å²) in [7, 11) is 0. The Morgan fingerprint density at radius 1 is 1.11 bits per heavy atom. The summed E-state index contributed by atoms with van der Waals surface area (Å²) >= 11 is 3.78. The van der Waals surface area contributed by atoms with E-state index in [0.717, 1.165) is 0 Å². The molecule has 0 bridgehead atoms. The fraction of sp³-hybridized carbons (Fsp3) is 1.00. The van der Waals surface area contributed by atoms with Crippen LogP contribution in [0.4, 0.5) is 0 Å². The van der Waals surface area contributed by atoms with Gasteiger partial charge in [-0.2, -0.15) is 0 Å². The van der Waals surface area contributed by atoms with E-state index in [2.05, 4.69) is 12.6 Å². The molecule has 0 unspecified atom stereocenters. The predicted molar refractivity (Wildman–Crippen MR) is 37.3 cm³/mol. The van der Waals surface area contributed by atoms with Crippen molar-refractivity contribution in [2.24, 2.45) is 0 Å². The van der Waals surface area contributed by atoms with Crippen LogP contribution in [0.3, 0.4) is 0 Å². The van der Waals surface area contributed by atoms with Gasteiger partial charge in [0.2, 0.25) is 0 Å². The van der Waals surface area contributed by atoms with Gasteiger partial charge in [0, 0.05) is 26.1 Å². The number of aliphatic hydroxyl groups excluding tert-OH is 2. The second-order valence-electron chi connectivity index (χ2n) is 1.93. The van der Waals surface area contributed by atoms with Crippen molar-refractivity contribution >= 4 is 12.6 Å². The molecule has 0 heterocycles. The van der Waals surface area contributed by atoms with E-state index in [1.807, 2.05) is 0 Å². The molecule has 0 aliphatic heterocycles. The van der Waals surface area contributed by atoms with Crippen molar-refractivity contribution in [1.29, 1.82) is 0 Å². The molecule has 3 nitrogen and oxygen atoms in total. The second kappa shape index (κ2) is 4.11. The fourth-order valence-electron chi connectivity index (χ4n) is 0.483. The molecule has 0 saturated heterocycles. The van der Waals surface area contributed by atoms with Gasteiger partial charge in [0.25, 0.3) is 0 Å². The summed E-state index contributed by atoms with van der Waals surface area (Å²) in [6.45, 7) is -0.222. The largest absolute Gasteiger partial charge is 0.396 e. The number of hydrogen-bond acceptors (Lipinski definition) is 4. The van der Waals surface area contributed by atoms with E-state index in [9.17, 15) is 0 Å². The standard InChI is InChI=1S/C5H12O3S/c6-3-1-5(8,9)2-4-7/h6-9H,1-4H2. The number of aliphatic hydroxyl groups is 3. The Kier molecular flexibility index (Phi) is 4.22. The van der Waals surface area contributed by atoms with Crippen molar-refractivity contribution < 1.29 is 15.3 Å². The zero-order valence-corrected chi connectivity index (χ0v) is 6.01. The molecule has 0 spiro atoms. The third-order valence-corrected chi connectivity index (χ3v) is 1.47. The highest BCUT2D eigenvalue weighted by Crippen LogP contribution is 2.18. The van der Waals surface area contributed by atoms with Crippen LogP contribution in [-0.4, -0.2) is 33.5 Å². The van der Waals surface area contributed by atoms with Gasteiger partial charge < -0.3 is 15.3 Å². The smallest absolute Gasteiger partial charge is 0.112 e. The summed E-state index contributed by atoms with van der Waals surface area (Å²) in [4.78, 5) is -1.20. The minimum atomic E-state index is -1.20. The lowest BCUT2D eigenvalue weighted by Gasteiger charge is -2.18. The van der Waals surface area contributed by atoms with E-state index in [4.69, 9.17) is 15.3 Å². The van der Waals surface area contributed by atoms with Crippen LogP contribution in [0.1, 0.15) is 12.8 Å². The Hall–Kier alpha value is 0.230. The van der Waals surface area contributed by atoms with E-state index in [1.165, 1.54) is 0 Å². The molecule has 0 fully saturated rings. The Labute approximate surface area is 59.7 Å². The van der Waals surface area contributed by atoms with Crippen LogP contribution in [0, 0.1) is 0 Å². The third kappa shape index (κ3) is 4.72. The van der Waals surface area contributed by atoms with Gasteiger partial charge in [-0.05, 0) is 0 Å². The highest BCUT2D eigenvalue weighted by molar-refractivity contribution is 7.81. The minimum absolute atomic E-state index is 0.111. The Morgan fingerprint density at radius 2 is 1.44 bits per heavy atom. The molecule has 0 aromatic heterocycles. The lowest BCUT2D eigenvalue weighted by atomic mass is 10.2. The van der Waals surface area contributed by atoms with E-state index in [1.54, 1.807) is 0 Å². The first kappa shape index (κ1) is 9.23. The summed E-state index contributed by atoms with van der Waals surface area (Å²) in [5.74, 6) is 0. The molecule has 4 heteroatoms. The summed E-state index contributed by atoms with van der Waals surface area (Å²) in [5.41, 5.74) is 0. The second-order valence-corrected chi connectivity index (χ2v) is 2.76. The molecule has 0 atom stereocenters. The molecule has 0 amide bonds. The van der Waals surface area contributed by atoms with Gasteiger partial charge in [-0.3, -0.25) is 0 Å². The van der Waals surface area contributed by atoms with Crippen LogP contribution >= 0.6 is 12.6 Å². The van der Waals surface area contributed by atoms with Gasteiger partial charge in [-0.15, -0.1) is 12.6 Å². The van der Waals surface area contributed by atoms with Crippen LogP contribution in [0.15, 0.2) is 0 Å². The van der Waals surface area contributed by atoms with Gasteiger partial charge in [0.1, 0.15) is 4.93 Å². The first-order valence-corrected chi connectivity index (χ1v) is 3.23. The van der Waals surface area contributed by atoms with E-state index in [-0.39, 0.29) is 26.1 Å². The molecule has 0 radical (unpaired) electrons. The van der Waals surface area contributed by atoms with Crippen LogP contribution in [0.5, 0.6) is 0 Å². The van der Waals surface area contributed by atoms with Gasteiger partial charge in [-0.1, -0.05) is 0 Å². The zero-order chi connectivity index (χ0) is 7.33. The van der Waals surface area contributed by atoms with Crippen molar-refractivity contribution in [1.82, 2.24) is 0 Å². The van der Waals surface area contributed by atoms with E-state index < -0.39 is 4.93 Å². The molecule has 0 aromatic rings. The molecular weight excluding hydrogens is 140 g/mol. The first-order chi connectivity index (χ1) is 4.12. The Bertz CT molecular complexity index is 66.6. The maximum absolute atomic E-state index is 9.06. The third-order valence-electron chi connectivity index (χ3n) is 1.02. The molecule has 0 aromatic carbocycles. The highest BCUT2D eigenvalue weighted by Gasteiger charge is 2.19. The average Bonchev–Trinajstić information content (AvgIpc) is 1.64. The van der Waals surface area contributed by atoms with Gasteiger partial charge in [0.05, 0.1) is 0 Å². The maximum Gasteiger partial charge on any atom is 0.112 e. The SMILES string of the molecule is OCCC(O)(S)CCO. The molecule has 0 saturated carbocycles. The molecule has 0 aliphatic rings. The number of thiol groups is 1. The highest BCUT2D eigenvalue weighted by atomic mass is 32.1. The summed E-state index contributed by atoms with van der Waals surface area (Å²) in [6, 6.07) is 0. The van der Waals surface area contributed by atoms with Crippen molar-refractivity contribution in [3.8, 4) is 0 Å². The first-order valence-electron chi connectivity index (χ1n) is 2.79. The average molecular weight is 152 g/mol. The molecule has 56 valence electrons. The Morgan fingerprint density at radius 3 is 1.67 bits per heavy atom. The van der Waals surface area contributed by atoms with Crippen LogP contribution in [0.25, 0.3) is 0 Å². The van der Waals surface area contributed by atoms with Gasteiger partial charge >= 0.3 is 0 Å². The lowest BCUT2D eigenvalue weighted by molar-refractivity contribution is 0.0763. The fourth-order valence-corrected chi connectivity index (χ4v) is 0.683. The van der Waals surface area contributed by atoms with Crippen LogP contribution in [0.2, 0.25) is 0 Å². The van der Waals surface area contributed by atoms with Crippen molar-refractivity contribution in [3.05, 3.63) is 0 Å². The molecule has 3 N–H and O–H groups in total. The molecule has 0 rings (SSSR count). The van der Waals surface area contributed by atoms with Gasteiger partial charge in [-0.25, -0.2) is 0 Å². The number of hydrogen-bond donors (Lipinski definition) is 4. The predicted octanol–water partition coefficient (Wildman–Crippen LogP) is -0.630. The van der Waals surface area contributed by atoms with E-state index >= 15 is 0 Å². The zero-order valence-electron chi connectivity index (χ0n) is 5.12. The molecule has 0 aliphatic carbocycles. The topological polar surface area (TPSA) is 60.7 Å². The summed E-state index contributed by atoms with van der Waals surface area (Å²) in [6.07, 6.45) is 0.382.